The molecule has 1 N–H and O–H groups in total. The summed E-state index contributed by atoms with van der Waals surface area (Å²) in [6.45, 7) is 8.56. The highest BCUT2D eigenvalue weighted by Gasteiger charge is 2.33. The fraction of sp³-hybridized carbons (Fsp3) is 0.571. The van der Waals surface area contributed by atoms with Gasteiger partial charge in [0.15, 0.2) is 0 Å². The summed E-state index contributed by atoms with van der Waals surface area (Å²) < 4.78 is 4.87. The number of carbonyl (C=O) groups is 1. The molecule has 19 heavy (non-hydrogen) atoms. The Morgan fingerprint density at radius 1 is 1.47 bits per heavy atom. The fourth-order valence-corrected chi connectivity index (χ4v) is 3.03. The minimum absolute atomic E-state index is 0.244. The number of rotatable bonds is 6. The Hall–Kier alpha value is -1.07. The van der Waals surface area contributed by atoms with Crippen LogP contribution >= 0.6 is 11.8 Å². The Bertz CT molecular complexity index is 431. The van der Waals surface area contributed by atoms with Crippen molar-refractivity contribution in [1.82, 2.24) is 10.3 Å². The summed E-state index contributed by atoms with van der Waals surface area (Å²) in [7, 11) is 1.41. The van der Waals surface area contributed by atoms with Gasteiger partial charge >= 0.3 is 5.97 Å². The summed E-state index contributed by atoms with van der Waals surface area (Å²) in [5, 5.41) is 4.12. The van der Waals surface area contributed by atoms with Crippen LogP contribution in [0.1, 0.15) is 25.1 Å². The van der Waals surface area contributed by atoms with Crippen molar-refractivity contribution in [1.29, 1.82) is 0 Å². The van der Waals surface area contributed by atoms with E-state index < -0.39 is 5.54 Å². The molecule has 0 aromatic carbocycles. The van der Waals surface area contributed by atoms with Crippen LogP contribution < -0.4 is 5.32 Å². The van der Waals surface area contributed by atoms with Crippen molar-refractivity contribution in [3.63, 3.8) is 0 Å². The molecule has 1 rings (SSSR count). The van der Waals surface area contributed by atoms with Crippen LogP contribution in [0.4, 0.5) is 0 Å². The van der Waals surface area contributed by atoms with Gasteiger partial charge in [0.05, 0.1) is 12.1 Å². The van der Waals surface area contributed by atoms with Crippen LogP contribution in [-0.2, 0) is 9.53 Å². The molecule has 0 aliphatic rings. The number of thioether (sulfide) groups is 1. The van der Waals surface area contributed by atoms with Gasteiger partial charge in [-0.15, -0.1) is 11.8 Å². The molecular formula is C14H22N2O2S. The standard InChI is InChI=1S/C14H22N2O2S/c1-6-15-14(4,13(17)18-5)9-19-12-8-10(2)7-11(3)16-12/h7-8,15H,6,9H2,1-5H3. The zero-order valence-corrected chi connectivity index (χ0v) is 13.1. The number of ether oxygens (including phenoxy) is 1. The average Bonchev–Trinajstić information content (AvgIpc) is 2.34. The number of nitrogens with one attached hydrogen (secondary N) is 1. The van der Waals surface area contributed by atoms with Crippen LogP contribution in [0.15, 0.2) is 17.2 Å². The molecule has 1 aromatic rings. The molecule has 0 radical (unpaired) electrons. The van der Waals surface area contributed by atoms with Gasteiger partial charge in [-0.25, -0.2) is 4.98 Å². The molecule has 0 saturated carbocycles. The van der Waals surface area contributed by atoms with Crippen LogP contribution in [0, 0.1) is 13.8 Å². The maximum absolute atomic E-state index is 11.9. The first-order chi connectivity index (χ1) is 8.91. The van der Waals surface area contributed by atoms with E-state index >= 15 is 0 Å². The third kappa shape index (κ3) is 4.51. The van der Waals surface area contributed by atoms with Crippen molar-refractivity contribution in [3.05, 3.63) is 23.4 Å². The smallest absolute Gasteiger partial charge is 0.326 e. The van der Waals surface area contributed by atoms with E-state index in [2.05, 4.69) is 10.3 Å². The first kappa shape index (κ1) is 16.0. The van der Waals surface area contributed by atoms with Crippen LogP contribution in [0.2, 0.25) is 0 Å². The van der Waals surface area contributed by atoms with Gasteiger partial charge < -0.3 is 10.1 Å². The van der Waals surface area contributed by atoms with Gasteiger partial charge in [-0.3, -0.25) is 4.79 Å². The first-order valence-corrected chi connectivity index (χ1v) is 7.31. The number of aromatic nitrogens is 1. The predicted octanol–water partition coefficient (Wildman–Crippen LogP) is 2.33. The van der Waals surface area contributed by atoms with E-state index in [0.717, 1.165) is 10.7 Å². The van der Waals surface area contributed by atoms with Gasteiger partial charge in [0.1, 0.15) is 5.54 Å². The third-order valence-corrected chi connectivity index (χ3v) is 4.01. The van der Waals surface area contributed by atoms with Crippen molar-refractivity contribution in [2.45, 2.75) is 38.3 Å². The van der Waals surface area contributed by atoms with E-state index in [1.165, 1.54) is 12.7 Å². The van der Waals surface area contributed by atoms with Crippen LogP contribution in [0.3, 0.4) is 0 Å². The fourth-order valence-electron chi connectivity index (χ4n) is 1.89. The van der Waals surface area contributed by atoms with Crippen molar-refractivity contribution >= 4 is 17.7 Å². The molecule has 5 heteroatoms. The second kappa shape index (κ2) is 6.91. The van der Waals surface area contributed by atoms with Gasteiger partial charge in [0, 0.05) is 11.4 Å². The topological polar surface area (TPSA) is 51.2 Å². The van der Waals surface area contributed by atoms with Crippen molar-refractivity contribution < 1.29 is 9.53 Å². The molecule has 1 aromatic heterocycles. The minimum Gasteiger partial charge on any atom is -0.468 e. The van der Waals surface area contributed by atoms with E-state index in [0.29, 0.717) is 12.3 Å². The maximum Gasteiger partial charge on any atom is 0.326 e. The second-order valence-electron chi connectivity index (χ2n) is 4.77. The van der Waals surface area contributed by atoms with Gasteiger partial charge in [-0.05, 0) is 45.0 Å². The molecule has 0 fully saturated rings. The number of pyridine rings is 1. The normalized spacial score (nSPS) is 13.9. The lowest BCUT2D eigenvalue weighted by Gasteiger charge is -2.26. The largest absolute Gasteiger partial charge is 0.468 e. The zero-order valence-electron chi connectivity index (χ0n) is 12.2. The highest BCUT2D eigenvalue weighted by molar-refractivity contribution is 7.99. The summed E-state index contributed by atoms with van der Waals surface area (Å²) >= 11 is 1.56. The molecule has 0 bridgehead atoms. The van der Waals surface area contributed by atoms with E-state index in [-0.39, 0.29) is 5.97 Å². The van der Waals surface area contributed by atoms with Crippen LogP contribution in [0.25, 0.3) is 0 Å². The molecule has 1 unspecified atom stereocenters. The monoisotopic (exact) mass is 282 g/mol. The lowest BCUT2D eigenvalue weighted by atomic mass is 10.1. The van der Waals surface area contributed by atoms with E-state index in [1.54, 1.807) is 11.8 Å². The number of esters is 1. The third-order valence-electron chi connectivity index (χ3n) is 2.79. The summed E-state index contributed by atoms with van der Waals surface area (Å²) in [5.74, 6) is 0.342. The zero-order chi connectivity index (χ0) is 14.5. The molecule has 1 atom stereocenters. The van der Waals surface area contributed by atoms with E-state index in [4.69, 9.17) is 4.74 Å². The predicted molar refractivity (Wildman–Crippen MR) is 78.5 cm³/mol. The van der Waals surface area contributed by atoms with Crippen LogP contribution in [-0.4, -0.2) is 35.9 Å². The summed E-state index contributed by atoms with van der Waals surface area (Å²) in [5.41, 5.74) is 1.48. The molecule has 0 aliphatic carbocycles. The number of nitrogens with zero attached hydrogens (tertiary/aromatic N) is 1. The van der Waals surface area contributed by atoms with Gasteiger partial charge in [-0.2, -0.15) is 0 Å². The SMILES string of the molecule is CCNC(C)(CSc1cc(C)cc(C)n1)C(=O)OC. The Balaban J connectivity index is 2.78. The number of hydrogen-bond acceptors (Lipinski definition) is 5. The Labute approximate surface area is 119 Å². The van der Waals surface area contributed by atoms with Crippen molar-refractivity contribution in [2.24, 2.45) is 0 Å². The lowest BCUT2D eigenvalue weighted by molar-refractivity contribution is -0.146. The number of methoxy groups -OCH3 is 1. The van der Waals surface area contributed by atoms with E-state index in [9.17, 15) is 4.79 Å². The Morgan fingerprint density at radius 3 is 2.68 bits per heavy atom. The number of carbonyl (C=O) groups excluding carboxylic acids is 1. The summed E-state index contributed by atoms with van der Waals surface area (Å²) in [6.07, 6.45) is 0. The number of hydrogen-bond donors (Lipinski definition) is 1. The Kier molecular flexibility index (Phi) is 5.82. The molecule has 0 aliphatic heterocycles. The highest BCUT2D eigenvalue weighted by atomic mass is 32.2. The molecule has 0 spiro atoms. The van der Waals surface area contributed by atoms with Gasteiger partial charge in [0.25, 0.3) is 0 Å². The molecule has 0 saturated heterocycles. The van der Waals surface area contributed by atoms with Crippen LogP contribution in [0.5, 0.6) is 0 Å². The molecule has 1 heterocycles. The van der Waals surface area contributed by atoms with Gasteiger partial charge in [0.2, 0.25) is 0 Å². The van der Waals surface area contributed by atoms with Gasteiger partial charge in [-0.1, -0.05) is 6.92 Å². The average molecular weight is 282 g/mol. The molecular weight excluding hydrogens is 260 g/mol. The van der Waals surface area contributed by atoms with E-state index in [1.807, 2.05) is 39.8 Å². The quantitative estimate of drug-likeness (QED) is 0.641. The van der Waals surface area contributed by atoms with Crippen molar-refractivity contribution in [3.8, 4) is 0 Å². The Morgan fingerprint density at radius 2 is 2.16 bits per heavy atom. The molecule has 0 amide bonds. The minimum atomic E-state index is -0.687. The number of aryl methyl sites for hydroxylation is 2. The molecule has 4 nitrogen and oxygen atoms in total. The lowest BCUT2D eigenvalue weighted by Crippen LogP contribution is -2.52. The van der Waals surface area contributed by atoms with Crippen molar-refractivity contribution in [2.75, 3.05) is 19.4 Å². The molecule has 106 valence electrons. The first-order valence-electron chi connectivity index (χ1n) is 6.33. The number of likely N-dealkylation sites (N-methyl/N-ethyl adjacent to an activating group) is 1. The summed E-state index contributed by atoms with van der Waals surface area (Å²) in [4.78, 5) is 16.3. The summed E-state index contributed by atoms with van der Waals surface area (Å²) in [6, 6.07) is 4.06. The maximum atomic E-state index is 11.9. The second-order valence-corrected chi connectivity index (χ2v) is 5.76. The highest BCUT2D eigenvalue weighted by Crippen LogP contribution is 2.23.